The van der Waals surface area contributed by atoms with Crippen LogP contribution in [0.2, 0.25) is 0 Å². The van der Waals surface area contributed by atoms with Crippen LogP contribution in [-0.4, -0.2) is 29.2 Å². The van der Waals surface area contributed by atoms with Crippen molar-refractivity contribution in [2.45, 2.75) is 38.8 Å². The molecule has 0 aliphatic carbocycles. The van der Waals surface area contributed by atoms with Crippen LogP contribution in [-0.2, 0) is 11.2 Å². The summed E-state index contributed by atoms with van der Waals surface area (Å²) in [7, 11) is 0. The van der Waals surface area contributed by atoms with E-state index in [0.29, 0.717) is 0 Å². The fraction of sp³-hybridized carbons (Fsp3) is 0.429. The maximum Gasteiger partial charge on any atom is 0.325 e. The minimum atomic E-state index is -1.05. The second kappa shape index (κ2) is 7.41. The van der Waals surface area contributed by atoms with Gasteiger partial charge in [-0.3, -0.25) is 4.79 Å². The van der Waals surface area contributed by atoms with E-state index in [1.165, 1.54) is 12.5 Å². The first-order valence-corrected chi connectivity index (χ1v) is 6.33. The topological polar surface area (TPSA) is 78.4 Å². The van der Waals surface area contributed by atoms with Crippen molar-refractivity contribution < 1.29 is 14.7 Å². The van der Waals surface area contributed by atoms with Crippen LogP contribution in [0.1, 0.15) is 25.8 Å². The molecular weight excluding hydrogens is 244 g/mol. The van der Waals surface area contributed by atoms with E-state index in [4.69, 9.17) is 5.11 Å². The smallest absolute Gasteiger partial charge is 0.325 e. The van der Waals surface area contributed by atoms with Crippen molar-refractivity contribution in [1.29, 1.82) is 0 Å². The summed E-state index contributed by atoms with van der Waals surface area (Å²) >= 11 is 0. The minimum absolute atomic E-state index is 0.0128. The summed E-state index contributed by atoms with van der Waals surface area (Å²) < 4.78 is 0. The molecule has 0 radical (unpaired) electrons. The second-order valence-corrected chi connectivity index (χ2v) is 4.60. The summed E-state index contributed by atoms with van der Waals surface area (Å²) in [6.07, 6.45) is 1.68. The van der Waals surface area contributed by atoms with Crippen LogP contribution in [0.4, 0.5) is 4.79 Å². The summed E-state index contributed by atoms with van der Waals surface area (Å²) in [6.45, 7) is 3.32. The van der Waals surface area contributed by atoms with Gasteiger partial charge < -0.3 is 15.7 Å². The summed E-state index contributed by atoms with van der Waals surface area (Å²) in [5.74, 6) is -1.05. The standard InChI is InChI=1S/C14H20N2O3/c1-10(8-9-12-6-4-3-5-7-12)15-14(19)16-11(2)13(17)18/h3-7,10-11H,8-9H2,1-2H3,(H,17,18)(H2,15,16,19)/t10-,11-/m1/s1. The molecule has 2 amide bonds. The normalized spacial score (nSPS) is 13.4. The molecule has 104 valence electrons. The zero-order valence-corrected chi connectivity index (χ0v) is 11.2. The Hall–Kier alpha value is -2.04. The molecule has 1 aromatic carbocycles. The Kier molecular flexibility index (Phi) is 5.85. The molecular formula is C14H20N2O3. The van der Waals surface area contributed by atoms with E-state index < -0.39 is 18.0 Å². The first-order valence-electron chi connectivity index (χ1n) is 6.33. The summed E-state index contributed by atoms with van der Waals surface area (Å²) in [5, 5.41) is 13.8. The van der Waals surface area contributed by atoms with Gasteiger partial charge in [-0.2, -0.15) is 0 Å². The van der Waals surface area contributed by atoms with Crippen LogP contribution in [0.25, 0.3) is 0 Å². The molecule has 1 aromatic rings. The van der Waals surface area contributed by atoms with Gasteiger partial charge in [0.15, 0.2) is 0 Å². The summed E-state index contributed by atoms with van der Waals surface area (Å²) in [4.78, 5) is 22.1. The number of benzene rings is 1. The second-order valence-electron chi connectivity index (χ2n) is 4.60. The molecule has 19 heavy (non-hydrogen) atoms. The van der Waals surface area contributed by atoms with E-state index in [9.17, 15) is 9.59 Å². The Morgan fingerprint density at radius 1 is 1.16 bits per heavy atom. The Balaban J connectivity index is 2.29. The SMILES string of the molecule is C[C@H](CCc1ccccc1)NC(=O)N[C@H](C)C(=O)O. The minimum Gasteiger partial charge on any atom is -0.480 e. The van der Waals surface area contributed by atoms with Crippen LogP contribution in [0.15, 0.2) is 30.3 Å². The zero-order valence-electron chi connectivity index (χ0n) is 11.2. The van der Waals surface area contributed by atoms with Crippen LogP contribution in [0, 0.1) is 0 Å². The average Bonchev–Trinajstić information content (AvgIpc) is 2.37. The predicted octanol–water partition coefficient (Wildman–Crippen LogP) is 1.78. The molecule has 0 fully saturated rings. The first kappa shape index (κ1) is 15.0. The fourth-order valence-corrected chi connectivity index (χ4v) is 1.62. The van der Waals surface area contributed by atoms with Gasteiger partial charge in [-0.15, -0.1) is 0 Å². The number of amides is 2. The van der Waals surface area contributed by atoms with E-state index in [1.807, 2.05) is 37.3 Å². The van der Waals surface area contributed by atoms with Gasteiger partial charge in [0, 0.05) is 6.04 Å². The third-order valence-corrected chi connectivity index (χ3v) is 2.80. The number of nitrogens with one attached hydrogen (secondary N) is 2. The molecule has 0 bridgehead atoms. The number of rotatable bonds is 6. The van der Waals surface area contributed by atoms with E-state index >= 15 is 0 Å². The Morgan fingerprint density at radius 3 is 2.37 bits per heavy atom. The molecule has 0 saturated heterocycles. The highest BCUT2D eigenvalue weighted by Crippen LogP contribution is 2.04. The van der Waals surface area contributed by atoms with Crippen molar-refractivity contribution in [3.63, 3.8) is 0 Å². The molecule has 1 rings (SSSR count). The maximum atomic E-state index is 11.5. The monoisotopic (exact) mass is 264 g/mol. The van der Waals surface area contributed by atoms with Crippen molar-refractivity contribution in [2.24, 2.45) is 0 Å². The molecule has 0 saturated carbocycles. The highest BCUT2D eigenvalue weighted by molar-refractivity contribution is 5.82. The average molecular weight is 264 g/mol. The van der Waals surface area contributed by atoms with Crippen LogP contribution in [0.5, 0.6) is 0 Å². The quantitative estimate of drug-likeness (QED) is 0.733. The van der Waals surface area contributed by atoms with E-state index in [2.05, 4.69) is 10.6 Å². The molecule has 5 nitrogen and oxygen atoms in total. The fourth-order valence-electron chi connectivity index (χ4n) is 1.62. The van der Waals surface area contributed by atoms with E-state index in [1.54, 1.807) is 0 Å². The largest absolute Gasteiger partial charge is 0.480 e. The number of carbonyl (C=O) groups excluding carboxylic acids is 1. The highest BCUT2D eigenvalue weighted by atomic mass is 16.4. The number of urea groups is 1. The van der Waals surface area contributed by atoms with Crippen molar-refractivity contribution in [1.82, 2.24) is 10.6 Å². The van der Waals surface area contributed by atoms with Gasteiger partial charge in [-0.1, -0.05) is 30.3 Å². The Labute approximate surface area is 113 Å². The molecule has 5 heteroatoms. The molecule has 0 spiro atoms. The molecule has 0 aromatic heterocycles. The van der Waals surface area contributed by atoms with Gasteiger partial charge >= 0.3 is 12.0 Å². The predicted molar refractivity (Wildman–Crippen MR) is 73.0 cm³/mol. The highest BCUT2D eigenvalue weighted by Gasteiger charge is 2.14. The number of hydrogen-bond acceptors (Lipinski definition) is 2. The number of aryl methyl sites for hydroxylation is 1. The number of carbonyl (C=O) groups is 2. The van der Waals surface area contributed by atoms with Gasteiger partial charge in [0.05, 0.1) is 0 Å². The lowest BCUT2D eigenvalue weighted by Gasteiger charge is -2.16. The molecule has 0 heterocycles. The number of carboxylic acids is 1. The van der Waals surface area contributed by atoms with Crippen LogP contribution < -0.4 is 10.6 Å². The third kappa shape index (κ3) is 5.90. The number of aliphatic carboxylic acids is 1. The van der Waals surface area contributed by atoms with Crippen molar-refractivity contribution >= 4 is 12.0 Å². The van der Waals surface area contributed by atoms with Crippen LogP contribution >= 0.6 is 0 Å². The van der Waals surface area contributed by atoms with Crippen molar-refractivity contribution in [3.05, 3.63) is 35.9 Å². The number of hydrogen-bond donors (Lipinski definition) is 3. The zero-order chi connectivity index (χ0) is 14.3. The lowest BCUT2D eigenvalue weighted by molar-refractivity contribution is -0.138. The maximum absolute atomic E-state index is 11.5. The van der Waals surface area contributed by atoms with Gasteiger partial charge in [-0.05, 0) is 32.3 Å². The third-order valence-electron chi connectivity index (χ3n) is 2.80. The molecule has 3 N–H and O–H groups in total. The lowest BCUT2D eigenvalue weighted by Crippen LogP contribution is -2.47. The van der Waals surface area contributed by atoms with E-state index in [-0.39, 0.29) is 6.04 Å². The lowest BCUT2D eigenvalue weighted by atomic mass is 10.1. The molecule has 0 unspecified atom stereocenters. The van der Waals surface area contributed by atoms with Crippen LogP contribution in [0.3, 0.4) is 0 Å². The Morgan fingerprint density at radius 2 is 1.79 bits per heavy atom. The van der Waals surface area contributed by atoms with Gasteiger partial charge in [0.2, 0.25) is 0 Å². The van der Waals surface area contributed by atoms with Gasteiger partial charge in [0.25, 0.3) is 0 Å². The van der Waals surface area contributed by atoms with Gasteiger partial charge in [-0.25, -0.2) is 4.79 Å². The van der Waals surface area contributed by atoms with Crippen molar-refractivity contribution in [2.75, 3.05) is 0 Å². The van der Waals surface area contributed by atoms with Gasteiger partial charge in [0.1, 0.15) is 6.04 Å². The number of carboxylic acid groups (broad SMARTS) is 1. The molecule has 2 atom stereocenters. The molecule has 0 aliphatic rings. The van der Waals surface area contributed by atoms with E-state index in [0.717, 1.165) is 12.8 Å². The summed E-state index contributed by atoms with van der Waals surface area (Å²) in [5.41, 5.74) is 1.22. The van der Waals surface area contributed by atoms with Crippen molar-refractivity contribution in [3.8, 4) is 0 Å². The first-order chi connectivity index (χ1) is 8.99. The summed E-state index contributed by atoms with van der Waals surface area (Å²) in [6, 6.07) is 8.66. The molecule has 0 aliphatic heterocycles. The Bertz CT molecular complexity index is 420.